The van der Waals surface area contributed by atoms with Crippen LogP contribution in [0.3, 0.4) is 0 Å². The summed E-state index contributed by atoms with van der Waals surface area (Å²) in [5, 5.41) is 9.57. The molecular formula is C17H21N5O4S. The Bertz CT molecular complexity index is 939. The fourth-order valence-electron chi connectivity index (χ4n) is 2.94. The smallest absolute Gasteiger partial charge is 0.254 e. The number of nitrogens with zero attached hydrogens (tertiary/aromatic N) is 3. The summed E-state index contributed by atoms with van der Waals surface area (Å²) in [7, 11) is -3.04. The van der Waals surface area contributed by atoms with Crippen LogP contribution in [0.25, 0.3) is 5.82 Å². The van der Waals surface area contributed by atoms with Gasteiger partial charge in [0.1, 0.15) is 0 Å². The Morgan fingerprint density at radius 2 is 2.15 bits per heavy atom. The number of pyridine rings is 1. The minimum Gasteiger partial charge on any atom is -0.352 e. The second-order valence-corrected chi connectivity index (χ2v) is 8.65. The molecule has 0 aromatic carbocycles. The Labute approximate surface area is 157 Å². The van der Waals surface area contributed by atoms with Gasteiger partial charge in [0, 0.05) is 25.2 Å². The van der Waals surface area contributed by atoms with Crippen molar-refractivity contribution in [1.29, 1.82) is 0 Å². The topological polar surface area (TPSA) is 123 Å². The van der Waals surface area contributed by atoms with Gasteiger partial charge in [-0.25, -0.2) is 18.1 Å². The van der Waals surface area contributed by atoms with Crippen LogP contribution in [-0.2, 0) is 14.6 Å². The molecule has 2 aromatic heterocycles. The van der Waals surface area contributed by atoms with Gasteiger partial charge in [0.15, 0.2) is 15.7 Å². The van der Waals surface area contributed by atoms with Crippen molar-refractivity contribution in [2.24, 2.45) is 0 Å². The zero-order chi connectivity index (χ0) is 19.4. The molecule has 0 saturated carbocycles. The molecule has 1 fully saturated rings. The van der Waals surface area contributed by atoms with Gasteiger partial charge >= 0.3 is 0 Å². The van der Waals surface area contributed by atoms with E-state index >= 15 is 0 Å². The summed E-state index contributed by atoms with van der Waals surface area (Å²) in [5.74, 6) is 0.0924. The van der Waals surface area contributed by atoms with E-state index in [1.54, 1.807) is 29.9 Å². The second kappa shape index (κ2) is 7.87. The van der Waals surface area contributed by atoms with Crippen molar-refractivity contribution >= 4 is 21.7 Å². The lowest BCUT2D eigenvalue weighted by Gasteiger charge is -2.11. The standard InChI is InChI=1S/C17H21N5O4S/c1-12-14(10-20-22(12)15-4-2-3-7-18-15)17(24)19-8-5-16(23)21-13-6-9-27(25,26)11-13/h2-4,7,10,13H,5-6,8-9,11H2,1H3,(H,19,24)(H,21,23)/t13-/m0/s1. The highest BCUT2D eigenvalue weighted by molar-refractivity contribution is 7.91. The molecule has 1 atom stereocenters. The van der Waals surface area contributed by atoms with Crippen molar-refractivity contribution in [3.8, 4) is 5.82 Å². The monoisotopic (exact) mass is 391 g/mol. The number of nitrogens with one attached hydrogen (secondary N) is 2. The number of carbonyl (C=O) groups excluding carboxylic acids is 2. The first-order valence-corrected chi connectivity index (χ1v) is 10.4. The van der Waals surface area contributed by atoms with Crippen LogP contribution in [-0.4, -0.2) is 59.1 Å². The van der Waals surface area contributed by atoms with Gasteiger partial charge in [-0.05, 0) is 25.5 Å². The van der Waals surface area contributed by atoms with Crippen LogP contribution in [0.4, 0.5) is 0 Å². The summed E-state index contributed by atoms with van der Waals surface area (Å²) < 4.78 is 24.4. The summed E-state index contributed by atoms with van der Waals surface area (Å²) in [6, 6.07) is 5.08. The lowest BCUT2D eigenvalue weighted by Crippen LogP contribution is -2.37. The quantitative estimate of drug-likeness (QED) is 0.714. The van der Waals surface area contributed by atoms with Crippen molar-refractivity contribution in [2.75, 3.05) is 18.1 Å². The summed E-state index contributed by atoms with van der Waals surface area (Å²) in [4.78, 5) is 28.4. The Morgan fingerprint density at radius 3 is 2.81 bits per heavy atom. The zero-order valence-corrected chi connectivity index (χ0v) is 15.7. The average Bonchev–Trinajstić information content (AvgIpc) is 3.17. The van der Waals surface area contributed by atoms with Gasteiger partial charge in [-0.1, -0.05) is 6.07 Å². The lowest BCUT2D eigenvalue weighted by molar-refractivity contribution is -0.121. The van der Waals surface area contributed by atoms with E-state index in [0.29, 0.717) is 23.5 Å². The first-order chi connectivity index (χ1) is 12.9. The third kappa shape index (κ3) is 4.70. The molecule has 2 amide bonds. The van der Waals surface area contributed by atoms with Crippen LogP contribution in [0.1, 0.15) is 28.9 Å². The van der Waals surface area contributed by atoms with E-state index in [-0.39, 0.29) is 42.3 Å². The third-order valence-electron chi connectivity index (χ3n) is 4.36. The maximum atomic E-state index is 12.3. The highest BCUT2D eigenvalue weighted by Crippen LogP contribution is 2.12. The van der Waals surface area contributed by atoms with Gasteiger partial charge in [0.25, 0.3) is 5.91 Å². The molecule has 3 heterocycles. The van der Waals surface area contributed by atoms with Crippen LogP contribution in [0, 0.1) is 6.92 Å². The molecule has 0 aliphatic carbocycles. The van der Waals surface area contributed by atoms with Gasteiger partial charge in [-0.2, -0.15) is 5.10 Å². The predicted octanol–water partition coefficient (Wildman–Crippen LogP) is -0.00108. The minimum absolute atomic E-state index is 0.0169. The zero-order valence-electron chi connectivity index (χ0n) is 14.9. The van der Waals surface area contributed by atoms with Crippen molar-refractivity contribution in [3.63, 3.8) is 0 Å². The third-order valence-corrected chi connectivity index (χ3v) is 6.12. The number of sulfone groups is 1. The molecule has 1 aliphatic rings. The molecule has 0 spiro atoms. The molecule has 0 bridgehead atoms. The number of hydrogen-bond acceptors (Lipinski definition) is 6. The van der Waals surface area contributed by atoms with Gasteiger partial charge in [-0.3, -0.25) is 9.59 Å². The molecule has 1 aliphatic heterocycles. The minimum atomic E-state index is -3.04. The maximum Gasteiger partial charge on any atom is 0.254 e. The molecule has 3 rings (SSSR count). The number of rotatable bonds is 6. The van der Waals surface area contributed by atoms with Crippen LogP contribution in [0.2, 0.25) is 0 Å². The van der Waals surface area contributed by atoms with Crippen molar-refractivity contribution < 1.29 is 18.0 Å². The second-order valence-electron chi connectivity index (χ2n) is 6.42. The van der Waals surface area contributed by atoms with Crippen molar-refractivity contribution in [1.82, 2.24) is 25.4 Å². The summed E-state index contributed by atoms with van der Waals surface area (Å²) in [6.45, 7) is 1.92. The maximum absolute atomic E-state index is 12.3. The van der Waals surface area contributed by atoms with Gasteiger partial charge < -0.3 is 10.6 Å². The van der Waals surface area contributed by atoms with Crippen molar-refractivity contribution in [2.45, 2.75) is 25.8 Å². The van der Waals surface area contributed by atoms with Gasteiger partial charge in [0.05, 0.1) is 29.0 Å². The first-order valence-electron chi connectivity index (χ1n) is 8.60. The molecule has 10 heteroatoms. The Morgan fingerprint density at radius 1 is 1.33 bits per heavy atom. The molecule has 2 aromatic rings. The van der Waals surface area contributed by atoms with Crippen LogP contribution >= 0.6 is 0 Å². The van der Waals surface area contributed by atoms with Crippen molar-refractivity contribution in [3.05, 3.63) is 41.9 Å². The van der Waals surface area contributed by atoms with Crippen LogP contribution in [0.5, 0.6) is 0 Å². The Balaban J connectivity index is 1.50. The SMILES string of the molecule is Cc1c(C(=O)NCCC(=O)N[C@H]2CCS(=O)(=O)C2)cnn1-c1ccccn1. The van der Waals surface area contributed by atoms with Gasteiger partial charge in [-0.15, -0.1) is 0 Å². The highest BCUT2D eigenvalue weighted by Gasteiger charge is 2.28. The largest absolute Gasteiger partial charge is 0.352 e. The Hall–Kier alpha value is -2.75. The fourth-order valence-corrected chi connectivity index (χ4v) is 4.61. The fraction of sp³-hybridized carbons (Fsp3) is 0.412. The first kappa shape index (κ1) is 19.0. The van der Waals surface area contributed by atoms with E-state index < -0.39 is 9.84 Å². The molecule has 2 N–H and O–H groups in total. The number of aromatic nitrogens is 3. The molecule has 0 unspecified atom stereocenters. The summed E-state index contributed by atoms with van der Waals surface area (Å²) in [5.41, 5.74) is 1.05. The van der Waals surface area contributed by atoms with E-state index in [0.717, 1.165) is 0 Å². The highest BCUT2D eigenvalue weighted by atomic mass is 32.2. The predicted molar refractivity (Wildman–Crippen MR) is 98.2 cm³/mol. The average molecular weight is 391 g/mol. The Kier molecular flexibility index (Phi) is 5.54. The molecular weight excluding hydrogens is 370 g/mol. The summed E-state index contributed by atoms with van der Waals surface area (Å²) >= 11 is 0. The number of carbonyl (C=O) groups is 2. The normalized spacial score (nSPS) is 18.2. The van der Waals surface area contributed by atoms with E-state index in [4.69, 9.17) is 0 Å². The summed E-state index contributed by atoms with van der Waals surface area (Å²) in [6.07, 6.45) is 3.62. The van der Waals surface area contributed by atoms with Gasteiger partial charge in [0.2, 0.25) is 5.91 Å². The molecule has 9 nitrogen and oxygen atoms in total. The molecule has 144 valence electrons. The van der Waals surface area contributed by atoms with Crippen LogP contribution in [0.15, 0.2) is 30.6 Å². The van der Waals surface area contributed by atoms with E-state index in [1.807, 2.05) is 6.07 Å². The van der Waals surface area contributed by atoms with E-state index in [1.165, 1.54) is 6.20 Å². The molecule has 27 heavy (non-hydrogen) atoms. The van der Waals surface area contributed by atoms with E-state index in [9.17, 15) is 18.0 Å². The van der Waals surface area contributed by atoms with E-state index in [2.05, 4.69) is 20.7 Å². The molecule has 1 saturated heterocycles. The number of hydrogen-bond donors (Lipinski definition) is 2. The molecule has 0 radical (unpaired) electrons. The lowest BCUT2D eigenvalue weighted by atomic mass is 10.2. The number of amides is 2. The van der Waals surface area contributed by atoms with Crippen LogP contribution < -0.4 is 10.6 Å².